The molecule has 0 unspecified atom stereocenters. The normalized spacial score (nSPS) is 11.6. The standard InChI is InChI=1S/C18H19N3S/c1-18(2,3)14-11-9-13(10-12-14)16-19-17(22)20-21(16)15-7-5-4-6-8-15/h4-12H,1-3H3,(H,20,22). The monoisotopic (exact) mass is 309 g/mol. The lowest BCUT2D eigenvalue weighted by Gasteiger charge is -2.19. The molecule has 0 aliphatic heterocycles. The summed E-state index contributed by atoms with van der Waals surface area (Å²) in [6, 6.07) is 18.6. The summed E-state index contributed by atoms with van der Waals surface area (Å²) in [7, 11) is 0. The minimum Gasteiger partial charge on any atom is -0.266 e. The van der Waals surface area contributed by atoms with Crippen LogP contribution < -0.4 is 0 Å². The van der Waals surface area contributed by atoms with E-state index in [9.17, 15) is 0 Å². The van der Waals surface area contributed by atoms with Crippen molar-refractivity contribution in [3.8, 4) is 17.1 Å². The van der Waals surface area contributed by atoms with Crippen LogP contribution in [0.4, 0.5) is 0 Å². The molecule has 22 heavy (non-hydrogen) atoms. The van der Waals surface area contributed by atoms with Crippen molar-refractivity contribution in [2.75, 3.05) is 0 Å². The SMILES string of the molecule is CC(C)(C)c1ccc(-c2nc(=S)[nH]n2-c2ccccc2)cc1. The fraction of sp³-hybridized carbons (Fsp3) is 0.222. The van der Waals surface area contributed by atoms with Gasteiger partial charge in [0.1, 0.15) is 0 Å². The number of para-hydroxylation sites is 1. The topological polar surface area (TPSA) is 33.6 Å². The Kier molecular flexibility index (Phi) is 3.71. The van der Waals surface area contributed by atoms with Crippen LogP contribution in [0.3, 0.4) is 0 Å². The van der Waals surface area contributed by atoms with Crippen LogP contribution in [0, 0.1) is 4.77 Å². The zero-order valence-corrected chi connectivity index (χ0v) is 13.8. The van der Waals surface area contributed by atoms with Crippen molar-refractivity contribution in [1.29, 1.82) is 0 Å². The third kappa shape index (κ3) is 2.88. The predicted molar refractivity (Wildman–Crippen MR) is 92.9 cm³/mol. The second kappa shape index (κ2) is 5.54. The summed E-state index contributed by atoms with van der Waals surface area (Å²) in [6.07, 6.45) is 0. The van der Waals surface area contributed by atoms with Gasteiger partial charge in [0, 0.05) is 5.56 Å². The van der Waals surface area contributed by atoms with Crippen LogP contribution in [0.15, 0.2) is 54.6 Å². The lowest BCUT2D eigenvalue weighted by molar-refractivity contribution is 0.590. The lowest BCUT2D eigenvalue weighted by Crippen LogP contribution is -2.10. The van der Waals surface area contributed by atoms with Gasteiger partial charge in [0.15, 0.2) is 5.82 Å². The number of aromatic amines is 1. The van der Waals surface area contributed by atoms with Gasteiger partial charge >= 0.3 is 0 Å². The first kappa shape index (κ1) is 14.7. The number of rotatable bonds is 2. The molecule has 0 aliphatic rings. The average molecular weight is 309 g/mol. The van der Waals surface area contributed by atoms with Gasteiger partial charge in [-0.25, -0.2) is 4.68 Å². The Labute approximate surface area is 135 Å². The predicted octanol–water partition coefficient (Wildman–Crippen LogP) is 4.89. The fourth-order valence-electron chi connectivity index (χ4n) is 2.40. The van der Waals surface area contributed by atoms with Crippen molar-refractivity contribution < 1.29 is 0 Å². The van der Waals surface area contributed by atoms with Crippen molar-refractivity contribution >= 4 is 12.2 Å². The van der Waals surface area contributed by atoms with Crippen molar-refractivity contribution in [3.63, 3.8) is 0 Å². The summed E-state index contributed by atoms with van der Waals surface area (Å²) in [5.74, 6) is 0.830. The van der Waals surface area contributed by atoms with Crippen LogP contribution in [-0.4, -0.2) is 14.8 Å². The molecule has 1 N–H and O–H groups in total. The van der Waals surface area contributed by atoms with Gasteiger partial charge in [0.25, 0.3) is 0 Å². The van der Waals surface area contributed by atoms with Gasteiger partial charge in [0.05, 0.1) is 5.69 Å². The molecule has 0 atom stereocenters. The molecule has 3 nitrogen and oxygen atoms in total. The number of hydrogen-bond donors (Lipinski definition) is 1. The molecule has 0 bridgehead atoms. The van der Waals surface area contributed by atoms with Crippen LogP contribution in [0.1, 0.15) is 26.3 Å². The molecule has 3 rings (SSSR count). The highest BCUT2D eigenvalue weighted by Gasteiger charge is 2.15. The molecule has 4 heteroatoms. The Morgan fingerprint density at radius 2 is 1.59 bits per heavy atom. The minimum absolute atomic E-state index is 0.142. The molecule has 0 saturated carbocycles. The Hall–Kier alpha value is -2.20. The molecule has 1 aromatic heterocycles. The summed E-state index contributed by atoms with van der Waals surface area (Å²) >= 11 is 5.22. The van der Waals surface area contributed by atoms with Crippen LogP contribution in [0.5, 0.6) is 0 Å². The van der Waals surface area contributed by atoms with E-state index in [1.54, 1.807) is 0 Å². The average Bonchev–Trinajstić information content (AvgIpc) is 2.89. The Balaban J connectivity index is 2.08. The smallest absolute Gasteiger partial charge is 0.214 e. The molecule has 2 aromatic carbocycles. The first-order chi connectivity index (χ1) is 10.4. The van der Waals surface area contributed by atoms with Gasteiger partial charge in [-0.15, -0.1) is 0 Å². The fourth-order valence-corrected chi connectivity index (χ4v) is 2.57. The molecule has 112 valence electrons. The zero-order valence-electron chi connectivity index (χ0n) is 13.0. The maximum Gasteiger partial charge on any atom is 0.214 e. The van der Waals surface area contributed by atoms with Gasteiger partial charge in [0.2, 0.25) is 4.77 Å². The van der Waals surface area contributed by atoms with Crippen LogP contribution in [0.2, 0.25) is 0 Å². The molecular formula is C18H19N3S. The summed E-state index contributed by atoms with van der Waals surface area (Å²) < 4.78 is 2.41. The third-order valence-electron chi connectivity index (χ3n) is 3.65. The Morgan fingerprint density at radius 1 is 0.955 bits per heavy atom. The Bertz CT molecular complexity index is 821. The van der Waals surface area contributed by atoms with Gasteiger partial charge in [-0.3, -0.25) is 5.10 Å². The maximum atomic E-state index is 5.22. The molecule has 0 fully saturated rings. The van der Waals surface area contributed by atoms with Crippen LogP contribution >= 0.6 is 12.2 Å². The molecule has 0 radical (unpaired) electrons. The van der Waals surface area contributed by atoms with E-state index in [1.807, 2.05) is 35.0 Å². The van der Waals surface area contributed by atoms with E-state index >= 15 is 0 Å². The van der Waals surface area contributed by atoms with Crippen molar-refractivity contribution in [2.45, 2.75) is 26.2 Å². The first-order valence-electron chi connectivity index (χ1n) is 7.30. The van der Waals surface area contributed by atoms with E-state index < -0.39 is 0 Å². The van der Waals surface area contributed by atoms with Crippen molar-refractivity contribution in [1.82, 2.24) is 14.8 Å². The highest BCUT2D eigenvalue weighted by molar-refractivity contribution is 7.71. The number of nitrogens with zero attached hydrogens (tertiary/aromatic N) is 2. The summed E-state index contributed by atoms with van der Waals surface area (Å²) in [6.45, 7) is 6.63. The second-order valence-corrected chi connectivity index (χ2v) is 6.74. The van der Waals surface area contributed by atoms with E-state index in [0.29, 0.717) is 4.77 Å². The van der Waals surface area contributed by atoms with E-state index in [0.717, 1.165) is 17.1 Å². The molecular weight excluding hydrogens is 290 g/mol. The van der Waals surface area contributed by atoms with Crippen LogP contribution in [-0.2, 0) is 5.41 Å². The summed E-state index contributed by atoms with van der Waals surface area (Å²) in [4.78, 5) is 4.47. The number of H-pyrrole nitrogens is 1. The van der Waals surface area contributed by atoms with E-state index in [1.165, 1.54) is 5.56 Å². The highest BCUT2D eigenvalue weighted by atomic mass is 32.1. The minimum atomic E-state index is 0.142. The van der Waals surface area contributed by atoms with E-state index in [-0.39, 0.29) is 5.41 Å². The zero-order chi connectivity index (χ0) is 15.7. The van der Waals surface area contributed by atoms with Gasteiger partial charge in [-0.2, -0.15) is 4.98 Å². The molecule has 1 heterocycles. The van der Waals surface area contributed by atoms with Crippen molar-refractivity contribution in [3.05, 3.63) is 64.9 Å². The van der Waals surface area contributed by atoms with Crippen LogP contribution in [0.25, 0.3) is 17.1 Å². The number of nitrogens with one attached hydrogen (secondary N) is 1. The first-order valence-corrected chi connectivity index (χ1v) is 7.71. The molecule has 3 aromatic rings. The second-order valence-electron chi connectivity index (χ2n) is 6.35. The van der Waals surface area contributed by atoms with E-state index in [4.69, 9.17) is 12.2 Å². The highest BCUT2D eigenvalue weighted by Crippen LogP contribution is 2.26. The molecule has 0 saturated heterocycles. The Morgan fingerprint density at radius 3 is 2.18 bits per heavy atom. The van der Waals surface area contributed by atoms with Crippen molar-refractivity contribution in [2.24, 2.45) is 0 Å². The summed E-state index contributed by atoms with van der Waals surface area (Å²) in [5.41, 5.74) is 3.50. The van der Waals surface area contributed by atoms with Gasteiger partial charge in [-0.05, 0) is 35.3 Å². The van der Waals surface area contributed by atoms with E-state index in [2.05, 4.69) is 55.1 Å². The number of benzene rings is 2. The summed E-state index contributed by atoms with van der Waals surface area (Å²) in [5, 5.41) is 3.12. The molecule has 0 spiro atoms. The quantitative estimate of drug-likeness (QED) is 0.683. The molecule has 0 amide bonds. The molecule has 0 aliphatic carbocycles. The number of aromatic nitrogens is 3. The lowest BCUT2D eigenvalue weighted by atomic mass is 9.87. The maximum absolute atomic E-state index is 5.22. The largest absolute Gasteiger partial charge is 0.266 e. The number of hydrogen-bond acceptors (Lipinski definition) is 2. The third-order valence-corrected chi connectivity index (χ3v) is 3.83. The van der Waals surface area contributed by atoms with Gasteiger partial charge in [-0.1, -0.05) is 63.2 Å². The van der Waals surface area contributed by atoms with Gasteiger partial charge < -0.3 is 0 Å².